The molecule has 0 aliphatic rings. The van der Waals surface area contributed by atoms with Gasteiger partial charge in [0.1, 0.15) is 5.82 Å². The van der Waals surface area contributed by atoms with E-state index >= 15 is 0 Å². The lowest BCUT2D eigenvalue weighted by molar-refractivity contribution is 0.101. The molecule has 0 bridgehead atoms. The van der Waals surface area contributed by atoms with Crippen LogP contribution < -0.4 is 10.6 Å². The van der Waals surface area contributed by atoms with Gasteiger partial charge in [-0.25, -0.2) is 4.98 Å². The fourth-order valence-corrected chi connectivity index (χ4v) is 2.87. The predicted octanol–water partition coefficient (Wildman–Crippen LogP) is 4.61. The van der Waals surface area contributed by atoms with Crippen molar-refractivity contribution in [1.82, 2.24) is 4.98 Å². The van der Waals surface area contributed by atoms with E-state index in [1.165, 1.54) is 17.4 Å². The van der Waals surface area contributed by atoms with Crippen LogP contribution in [0.5, 0.6) is 0 Å². The van der Waals surface area contributed by atoms with Crippen LogP contribution in [-0.4, -0.2) is 16.8 Å². The molecule has 2 amide bonds. The third-order valence-corrected chi connectivity index (χ3v) is 4.57. The molecular weight excluding hydrogens is 358 g/mol. The van der Waals surface area contributed by atoms with Crippen molar-refractivity contribution in [3.63, 3.8) is 0 Å². The van der Waals surface area contributed by atoms with Crippen molar-refractivity contribution >= 4 is 46.3 Å². The molecule has 0 saturated heterocycles. The maximum Gasteiger partial charge on any atom is 0.265 e. The van der Waals surface area contributed by atoms with Gasteiger partial charge in [0.2, 0.25) is 0 Å². The molecule has 1 aromatic carbocycles. The van der Waals surface area contributed by atoms with Crippen LogP contribution in [0.3, 0.4) is 0 Å². The lowest BCUT2D eigenvalue weighted by Gasteiger charge is -2.09. The second-order valence-electron chi connectivity index (χ2n) is 5.30. The Kier molecular flexibility index (Phi) is 5.11. The zero-order valence-corrected chi connectivity index (χ0v) is 14.8. The minimum atomic E-state index is -0.334. The Morgan fingerprint density at radius 1 is 1.08 bits per heavy atom. The van der Waals surface area contributed by atoms with Crippen molar-refractivity contribution in [2.75, 3.05) is 10.6 Å². The average molecular weight is 372 g/mol. The highest BCUT2D eigenvalue weighted by Crippen LogP contribution is 2.25. The second kappa shape index (κ2) is 7.46. The molecule has 0 fully saturated rings. The van der Waals surface area contributed by atoms with Crippen LogP contribution in [0.2, 0.25) is 5.02 Å². The quantitative estimate of drug-likeness (QED) is 0.703. The van der Waals surface area contributed by atoms with Crippen molar-refractivity contribution in [1.29, 1.82) is 0 Å². The maximum absolute atomic E-state index is 12.4. The summed E-state index contributed by atoms with van der Waals surface area (Å²) in [6.45, 7) is 1.92. The van der Waals surface area contributed by atoms with Crippen molar-refractivity contribution in [2.45, 2.75) is 6.92 Å². The molecule has 25 heavy (non-hydrogen) atoms. The molecule has 0 spiro atoms. The smallest absolute Gasteiger partial charge is 0.265 e. The Balaban J connectivity index is 1.77. The number of carbonyl (C=O) groups is 2. The molecule has 7 heteroatoms. The number of amides is 2. The maximum atomic E-state index is 12.4. The van der Waals surface area contributed by atoms with E-state index in [0.717, 1.165) is 5.56 Å². The van der Waals surface area contributed by atoms with Crippen LogP contribution in [0.1, 0.15) is 25.6 Å². The molecular formula is C18H14ClN3O2S. The number of pyridine rings is 1. The number of hydrogen-bond acceptors (Lipinski definition) is 4. The number of carbonyl (C=O) groups excluding carboxylic acids is 2. The lowest BCUT2D eigenvalue weighted by atomic mass is 10.2. The van der Waals surface area contributed by atoms with Crippen LogP contribution in [0.25, 0.3) is 0 Å². The van der Waals surface area contributed by atoms with E-state index in [4.69, 9.17) is 11.6 Å². The van der Waals surface area contributed by atoms with Gasteiger partial charge >= 0.3 is 0 Å². The Bertz CT molecular complexity index is 909. The van der Waals surface area contributed by atoms with Crippen LogP contribution in [0.4, 0.5) is 11.5 Å². The molecule has 3 rings (SSSR count). The van der Waals surface area contributed by atoms with Gasteiger partial charge in [-0.3, -0.25) is 9.59 Å². The van der Waals surface area contributed by atoms with E-state index in [1.54, 1.807) is 36.5 Å². The summed E-state index contributed by atoms with van der Waals surface area (Å²) in [4.78, 5) is 29.2. The average Bonchev–Trinajstić information content (AvgIpc) is 3.13. The van der Waals surface area contributed by atoms with Gasteiger partial charge in [0.05, 0.1) is 15.6 Å². The normalized spacial score (nSPS) is 10.3. The van der Waals surface area contributed by atoms with E-state index in [2.05, 4.69) is 15.6 Å². The van der Waals surface area contributed by atoms with E-state index in [9.17, 15) is 9.59 Å². The van der Waals surface area contributed by atoms with Crippen molar-refractivity contribution in [3.05, 3.63) is 75.1 Å². The zero-order chi connectivity index (χ0) is 17.8. The molecule has 0 aliphatic heterocycles. The van der Waals surface area contributed by atoms with Gasteiger partial charge in [-0.05, 0) is 48.2 Å². The summed E-state index contributed by atoms with van der Waals surface area (Å²) in [6.07, 6.45) is 1.67. The molecule has 0 radical (unpaired) electrons. The first-order valence-electron chi connectivity index (χ1n) is 7.41. The molecule has 0 saturated carbocycles. The van der Waals surface area contributed by atoms with E-state index in [0.29, 0.717) is 27.0 Å². The number of hydrogen-bond donors (Lipinski definition) is 2. The van der Waals surface area contributed by atoms with Crippen LogP contribution in [0.15, 0.2) is 54.0 Å². The number of benzene rings is 1. The molecule has 5 nitrogen and oxygen atoms in total. The summed E-state index contributed by atoms with van der Waals surface area (Å²) < 4.78 is 0. The highest BCUT2D eigenvalue weighted by molar-refractivity contribution is 7.12. The first-order valence-corrected chi connectivity index (χ1v) is 8.67. The number of rotatable bonds is 4. The standard InChI is InChI=1S/C18H14ClN3O2S/c1-11-4-7-16(20-10-11)22-17(23)12-5-6-13(19)14(9-12)21-18(24)15-3-2-8-25-15/h2-10H,1H3,(H,21,24)(H,20,22,23). The van der Waals surface area contributed by atoms with Crippen molar-refractivity contribution in [2.24, 2.45) is 0 Å². The minimum absolute atomic E-state index is 0.269. The number of thiophene rings is 1. The third-order valence-electron chi connectivity index (χ3n) is 3.37. The number of aryl methyl sites for hydroxylation is 1. The topological polar surface area (TPSA) is 71.1 Å². The SMILES string of the molecule is Cc1ccc(NC(=O)c2ccc(Cl)c(NC(=O)c3cccs3)c2)nc1. The number of nitrogens with one attached hydrogen (secondary N) is 2. The van der Waals surface area contributed by atoms with Crippen molar-refractivity contribution < 1.29 is 9.59 Å². The molecule has 2 aromatic heterocycles. The number of anilines is 2. The number of nitrogens with zero attached hydrogens (tertiary/aromatic N) is 1. The summed E-state index contributed by atoms with van der Waals surface area (Å²) >= 11 is 7.46. The summed E-state index contributed by atoms with van der Waals surface area (Å²) in [7, 11) is 0. The van der Waals surface area contributed by atoms with Gasteiger partial charge in [0.25, 0.3) is 11.8 Å². The Morgan fingerprint density at radius 3 is 2.60 bits per heavy atom. The molecule has 2 N–H and O–H groups in total. The minimum Gasteiger partial charge on any atom is -0.320 e. The molecule has 0 atom stereocenters. The Morgan fingerprint density at radius 2 is 1.92 bits per heavy atom. The predicted molar refractivity (Wildman–Crippen MR) is 101 cm³/mol. The van der Waals surface area contributed by atoms with Gasteiger partial charge in [0.15, 0.2) is 0 Å². The second-order valence-corrected chi connectivity index (χ2v) is 6.66. The largest absolute Gasteiger partial charge is 0.320 e. The summed E-state index contributed by atoms with van der Waals surface area (Å²) in [5.74, 6) is -0.149. The first kappa shape index (κ1) is 17.1. The number of halogens is 1. The third kappa shape index (κ3) is 4.23. The summed E-state index contributed by atoms with van der Waals surface area (Å²) in [6, 6.07) is 11.8. The molecule has 126 valence electrons. The zero-order valence-electron chi connectivity index (χ0n) is 13.2. The molecule has 2 heterocycles. The molecule has 0 unspecified atom stereocenters. The van der Waals surface area contributed by atoms with E-state index in [1.807, 2.05) is 18.4 Å². The van der Waals surface area contributed by atoms with Gasteiger partial charge in [-0.2, -0.15) is 0 Å². The summed E-state index contributed by atoms with van der Waals surface area (Å²) in [5.41, 5.74) is 1.75. The summed E-state index contributed by atoms with van der Waals surface area (Å²) in [5, 5.41) is 7.60. The van der Waals surface area contributed by atoms with E-state index in [-0.39, 0.29) is 11.8 Å². The van der Waals surface area contributed by atoms with Gasteiger partial charge in [-0.1, -0.05) is 23.7 Å². The van der Waals surface area contributed by atoms with Crippen LogP contribution >= 0.6 is 22.9 Å². The van der Waals surface area contributed by atoms with Gasteiger partial charge < -0.3 is 10.6 Å². The fourth-order valence-electron chi connectivity index (χ4n) is 2.08. The van der Waals surface area contributed by atoms with E-state index < -0.39 is 0 Å². The van der Waals surface area contributed by atoms with Crippen LogP contribution in [-0.2, 0) is 0 Å². The van der Waals surface area contributed by atoms with Crippen LogP contribution in [0, 0.1) is 6.92 Å². The van der Waals surface area contributed by atoms with Gasteiger partial charge in [-0.15, -0.1) is 11.3 Å². The monoisotopic (exact) mass is 371 g/mol. The highest BCUT2D eigenvalue weighted by atomic mass is 35.5. The fraction of sp³-hybridized carbons (Fsp3) is 0.0556. The lowest BCUT2D eigenvalue weighted by Crippen LogP contribution is -2.15. The first-order chi connectivity index (χ1) is 12.0. The molecule has 0 aliphatic carbocycles. The van der Waals surface area contributed by atoms with Crippen molar-refractivity contribution in [3.8, 4) is 0 Å². The number of aromatic nitrogens is 1. The Labute approximate surface area is 153 Å². The highest BCUT2D eigenvalue weighted by Gasteiger charge is 2.13. The van der Waals surface area contributed by atoms with Gasteiger partial charge in [0, 0.05) is 11.8 Å². The molecule has 3 aromatic rings. The Hall–Kier alpha value is -2.70.